The van der Waals surface area contributed by atoms with Crippen LogP contribution in [0.2, 0.25) is 0 Å². The molecule has 2 saturated carbocycles. The summed E-state index contributed by atoms with van der Waals surface area (Å²) in [5.41, 5.74) is 1.73. The summed E-state index contributed by atoms with van der Waals surface area (Å²) < 4.78 is 0. The van der Waals surface area contributed by atoms with Gasteiger partial charge in [0.05, 0.1) is 0 Å². The summed E-state index contributed by atoms with van der Waals surface area (Å²) in [4.78, 5) is 25.6. The predicted molar refractivity (Wildman–Crippen MR) is 103 cm³/mol. The highest BCUT2D eigenvalue weighted by molar-refractivity contribution is 6.02. The van der Waals surface area contributed by atoms with E-state index in [2.05, 4.69) is 11.4 Å². The van der Waals surface area contributed by atoms with Crippen molar-refractivity contribution in [3.63, 3.8) is 0 Å². The zero-order valence-electron chi connectivity index (χ0n) is 16.0. The lowest BCUT2D eigenvalue weighted by atomic mass is 9.75. The van der Waals surface area contributed by atoms with Gasteiger partial charge in [0.2, 0.25) is 11.8 Å². The number of allylic oxidation sites excluding steroid dienone is 1. The highest BCUT2D eigenvalue weighted by Gasteiger charge is 2.38. The van der Waals surface area contributed by atoms with Crippen LogP contribution in [0, 0.1) is 5.92 Å². The van der Waals surface area contributed by atoms with Crippen LogP contribution < -0.4 is 5.32 Å². The molecule has 0 aromatic rings. The Labute approximate surface area is 157 Å². The molecule has 1 saturated heterocycles. The maximum absolute atomic E-state index is 12.0. The quantitative estimate of drug-likeness (QED) is 0.608. The summed E-state index contributed by atoms with van der Waals surface area (Å²) in [6.07, 6.45) is 18.3. The Balaban J connectivity index is 1.32. The van der Waals surface area contributed by atoms with E-state index in [0.717, 1.165) is 31.6 Å². The smallest absolute Gasteiger partial charge is 0.229 e. The first-order valence-electron chi connectivity index (χ1n) is 11.0. The molecule has 0 aromatic heterocycles. The Morgan fingerprint density at radius 1 is 0.808 bits per heavy atom. The van der Waals surface area contributed by atoms with Crippen molar-refractivity contribution in [2.75, 3.05) is 0 Å². The fraction of sp³-hybridized carbons (Fsp3) is 0.818. The number of amides is 2. The maximum atomic E-state index is 12.0. The van der Waals surface area contributed by atoms with Gasteiger partial charge in [-0.3, -0.25) is 14.5 Å². The molecule has 3 fully saturated rings. The van der Waals surface area contributed by atoms with E-state index in [0.29, 0.717) is 24.9 Å². The second-order valence-electron chi connectivity index (χ2n) is 8.85. The zero-order valence-corrected chi connectivity index (χ0v) is 16.0. The third-order valence-electron chi connectivity index (χ3n) is 7.17. The highest BCUT2D eigenvalue weighted by atomic mass is 16.2. The van der Waals surface area contributed by atoms with Gasteiger partial charge in [-0.15, -0.1) is 0 Å². The molecule has 26 heavy (non-hydrogen) atoms. The van der Waals surface area contributed by atoms with Gasteiger partial charge in [-0.2, -0.15) is 0 Å². The van der Waals surface area contributed by atoms with Gasteiger partial charge < -0.3 is 5.32 Å². The molecule has 144 valence electrons. The maximum Gasteiger partial charge on any atom is 0.229 e. The van der Waals surface area contributed by atoms with E-state index in [-0.39, 0.29) is 17.9 Å². The number of carbonyl (C=O) groups excluding carboxylic acids is 2. The van der Waals surface area contributed by atoms with E-state index in [1.807, 2.05) is 0 Å². The number of nitrogens with one attached hydrogen (secondary N) is 1. The molecule has 4 aliphatic rings. The number of hydrogen-bond donors (Lipinski definition) is 1. The molecule has 2 amide bonds. The largest absolute Gasteiger partial charge is 0.311 e. The Bertz CT molecular complexity index is 546. The van der Waals surface area contributed by atoms with Crippen LogP contribution in [-0.2, 0) is 9.59 Å². The van der Waals surface area contributed by atoms with E-state index < -0.39 is 0 Å². The molecule has 2 atom stereocenters. The van der Waals surface area contributed by atoms with Crippen molar-refractivity contribution in [3.8, 4) is 0 Å². The van der Waals surface area contributed by atoms with Crippen molar-refractivity contribution in [2.24, 2.45) is 5.92 Å². The molecule has 0 bridgehead atoms. The van der Waals surface area contributed by atoms with Crippen molar-refractivity contribution in [3.05, 3.63) is 11.6 Å². The first kappa shape index (κ1) is 18.2. The summed E-state index contributed by atoms with van der Waals surface area (Å²) in [5, 5.41) is 4.01. The summed E-state index contributed by atoms with van der Waals surface area (Å²) in [5.74, 6) is 0.870. The molecule has 4 heteroatoms. The normalized spacial score (nSPS) is 36.3. The minimum absolute atomic E-state index is 0.0583. The van der Waals surface area contributed by atoms with Crippen LogP contribution in [0.1, 0.15) is 89.9 Å². The number of carbonyl (C=O) groups is 2. The molecule has 4 nitrogen and oxygen atoms in total. The van der Waals surface area contributed by atoms with Crippen molar-refractivity contribution in [1.82, 2.24) is 10.2 Å². The standard InChI is InChI=1S/C22H34N2O2/c25-21-14-15-22(26)24(21)18-12-10-17(11-13-18)23-20-9-5-4-8-19(20)16-6-2-1-3-7-16/h6,17-20,23H,1-5,7-15H2. The van der Waals surface area contributed by atoms with Crippen LogP contribution >= 0.6 is 0 Å². The molecular formula is C22H34N2O2. The van der Waals surface area contributed by atoms with Gasteiger partial charge in [0.1, 0.15) is 0 Å². The van der Waals surface area contributed by atoms with Gasteiger partial charge in [-0.05, 0) is 70.1 Å². The van der Waals surface area contributed by atoms with Crippen LogP contribution in [0.3, 0.4) is 0 Å². The van der Waals surface area contributed by atoms with Gasteiger partial charge in [0, 0.05) is 31.0 Å². The lowest BCUT2D eigenvalue weighted by molar-refractivity contribution is -0.141. The molecule has 4 rings (SSSR count). The van der Waals surface area contributed by atoms with Gasteiger partial charge in [0.25, 0.3) is 0 Å². The second-order valence-corrected chi connectivity index (χ2v) is 8.85. The first-order valence-corrected chi connectivity index (χ1v) is 11.0. The molecule has 0 aromatic carbocycles. The minimum Gasteiger partial charge on any atom is -0.311 e. The monoisotopic (exact) mass is 358 g/mol. The van der Waals surface area contributed by atoms with Gasteiger partial charge in [-0.25, -0.2) is 0 Å². The van der Waals surface area contributed by atoms with Crippen LogP contribution in [0.5, 0.6) is 0 Å². The average Bonchev–Trinajstić information content (AvgIpc) is 3.02. The lowest BCUT2D eigenvalue weighted by Gasteiger charge is -2.40. The summed E-state index contributed by atoms with van der Waals surface area (Å²) >= 11 is 0. The highest BCUT2D eigenvalue weighted by Crippen LogP contribution is 2.36. The van der Waals surface area contributed by atoms with E-state index in [9.17, 15) is 9.59 Å². The molecule has 0 spiro atoms. The fourth-order valence-corrected chi connectivity index (χ4v) is 5.78. The Hall–Kier alpha value is -1.16. The first-order chi connectivity index (χ1) is 12.7. The molecule has 1 N–H and O–H groups in total. The average molecular weight is 359 g/mol. The SMILES string of the molecule is O=C1CCC(=O)N1C1CCC(NC2CCCCC2C2=CCCCC2)CC1. The van der Waals surface area contributed by atoms with E-state index in [4.69, 9.17) is 0 Å². The third-order valence-corrected chi connectivity index (χ3v) is 7.17. The molecule has 1 heterocycles. The topological polar surface area (TPSA) is 49.4 Å². The molecular weight excluding hydrogens is 324 g/mol. The van der Waals surface area contributed by atoms with Crippen LogP contribution in [0.25, 0.3) is 0 Å². The molecule has 3 aliphatic carbocycles. The number of rotatable bonds is 4. The summed E-state index contributed by atoms with van der Waals surface area (Å²) in [6.45, 7) is 0. The predicted octanol–water partition coefficient (Wildman–Crippen LogP) is 4.10. The third kappa shape index (κ3) is 3.90. The number of imide groups is 1. The number of hydrogen-bond acceptors (Lipinski definition) is 3. The minimum atomic E-state index is 0.0583. The Morgan fingerprint density at radius 3 is 2.23 bits per heavy atom. The number of likely N-dealkylation sites (tertiary alicyclic amines) is 1. The van der Waals surface area contributed by atoms with Crippen LogP contribution in [0.15, 0.2) is 11.6 Å². The van der Waals surface area contributed by atoms with E-state index in [1.165, 1.54) is 51.4 Å². The zero-order chi connectivity index (χ0) is 17.9. The Kier molecular flexibility index (Phi) is 5.78. The van der Waals surface area contributed by atoms with Crippen molar-refractivity contribution in [1.29, 1.82) is 0 Å². The molecule has 1 aliphatic heterocycles. The second kappa shape index (κ2) is 8.24. The van der Waals surface area contributed by atoms with Gasteiger partial charge in [-0.1, -0.05) is 24.5 Å². The molecule has 0 radical (unpaired) electrons. The van der Waals surface area contributed by atoms with Crippen molar-refractivity contribution < 1.29 is 9.59 Å². The van der Waals surface area contributed by atoms with Gasteiger partial charge in [0.15, 0.2) is 0 Å². The van der Waals surface area contributed by atoms with Gasteiger partial charge >= 0.3 is 0 Å². The number of nitrogens with zero attached hydrogens (tertiary/aromatic N) is 1. The fourth-order valence-electron chi connectivity index (χ4n) is 5.78. The van der Waals surface area contributed by atoms with Crippen LogP contribution in [-0.4, -0.2) is 34.8 Å². The summed E-state index contributed by atoms with van der Waals surface area (Å²) in [7, 11) is 0. The van der Waals surface area contributed by atoms with Crippen LogP contribution in [0.4, 0.5) is 0 Å². The van der Waals surface area contributed by atoms with Crippen molar-refractivity contribution >= 4 is 11.8 Å². The Morgan fingerprint density at radius 2 is 1.54 bits per heavy atom. The van der Waals surface area contributed by atoms with Crippen molar-refractivity contribution in [2.45, 2.75) is 108 Å². The van der Waals surface area contributed by atoms with E-state index in [1.54, 1.807) is 10.5 Å². The molecule has 2 unspecified atom stereocenters. The lowest BCUT2D eigenvalue weighted by Crippen LogP contribution is -2.49. The van der Waals surface area contributed by atoms with E-state index >= 15 is 0 Å². The summed E-state index contributed by atoms with van der Waals surface area (Å²) in [6, 6.07) is 1.37.